The molecule has 1 aliphatic rings. The molecule has 5 rings (SSSR count). The zero-order valence-corrected chi connectivity index (χ0v) is 17.3. The van der Waals surface area contributed by atoms with Gasteiger partial charge >= 0.3 is 0 Å². The van der Waals surface area contributed by atoms with E-state index in [0.717, 1.165) is 59.7 Å². The minimum Gasteiger partial charge on any atom is -0.354 e. The van der Waals surface area contributed by atoms with Crippen LogP contribution in [0.5, 0.6) is 0 Å². The Morgan fingerprint density at radius 3 is 2.83 bits per heavy atom. The Morgan fingerprint density at radius 2 is 2.00 bits per heavy atom. The second-order valence-electron chi connectivity index (χ2n) is 7.55. The van der Waals surface area contributed by atoms with Gasteiger partial charge in [0, 0.05) is 36.9 Å². The monoisotopic (exact) mass is 420 g/mol. The van der Waals surface area contributed by atoms with Gasteiger partial charge in [-0.05, 0) is 38.0 Å². The summed E-state index contributed by atoms with van der Waals surface area (Å²) in [5.41, 5.74) is 9.33. The van der Waals surface area contributed by atoms with Gasteiger partial charge in [0.25, 0.3) is 0 Å². The Morgan fingerprint density at radius 1 is 1.10 bits per heavy atom. The molecule has 0 spiro atoms. The van der Waals surface area contributed by atoms with Gasteiger partial charge in [-0.3, -0.25) is 9.97 Å². The summed E-state index contributed by atoms with van der Waals surface area (Å²) in [5.74, 6) is 1.43. The lowest BCUT2D eigenvalue weighted by Gasteiger charge is -2.32. The van der Waals surface area contributed by atoms with Crippen molar-refractivity contribution in [2.75, 3.05) is 18.0 Å². The van der Waals surface area contributed by atoms with Crippen LogP contribution in [-0.4, -0.2) is 48.8 Å². The summed E-state index contributed by atoms with van der Waals surface area (Å²) in [6.07, 6.45) is 9.05. The van der Waals surface area contributed by atoms with Gasteiger partial charge in [-0.15, -0.1) is 0 Å². The Balaban J connectivity index is 1.58. The molecule has 0 saturated carbocycles. The van der Waals surface area contributed by atoms with Crippen LogP contribution in [-0.2, 0) is 0 Å². The summed E-state index contributed by atoms with van der Waals surface area (Å²) >= 11 is 6.48. The van der Waals surface area contributed by atoms with Crippen LogP contribution in [0.3, 0.4) is 0 Å². The topological polar surface area (TPSA) is 98.6 Å². The summed E-state index contributed by atoms with van der Waals surface area (Å²) in [4.78, 5) is 20.2. The molecule has 0 aliphatic carbocycles. The predicted molar refractivity (Wildman–Crippen MR) is 117 cm³/mol. The molecule has 9 heteroatoms. The lowest BCUT2D eigenvalue weighted by atomic mass is 10.1. The van der Waals surface area contributed by atoms with Gasteiger partial charge in [-0.2, -0.15) is 5.10 Å². The minimum absolute atomic E-state index is 0.134. The highest BCUT2D eigenvalue weighted by atomic mass is 35.5. The number of nitrogens with zero attached hydrogens (tertiary/aromatic N) is 7. The molecule has 1 saturated heterocycles. The van der Waals surface area contributed by atoms with Crippen molar-refractivity contribution in [1.82, 2.24) is 29.7 Å². The highest BCUT2D eigenvalue weighted by molar-refractivity contribution is 6.33. The van der Waals surface area contributed by atoms with Crippen LogP contribution in [0, 0.1) is 6.92 Å². The zero-order valence-electron chi connectivity index (χ0n) is 16.5. The van der Waals surface area contributed by atoms with E-state index in [1.807, 2.05) is 25.1 Å². The maximum atomic E-state index is 6.48. The first-order chi connectivity index (χ1) is 14.6. The molecule has 152 valence electrons. The highest BCUT2D eigenvalue weighted by Crippen LogP contribution is 2.29. The van der Waals surface area contributed by atoms with Gasteiger partial charge in [0.1, 0.15) is 11.5 Å². The zero-order chi connectivity index (χ0) is 20.7. The average molecular weight is 421 g/mol. The molecule has 30 heavy (non-hydrogen) atoms. The van der Waals surface area contributed by atoms with Gasteiger partial charge in [-0.25, -0.2) is 14.6 Å². The van der Waals surface area contributed by atoms with E-state index >= 15 is 0 Å². The number of nitrogens with two attached hydrogens (primary N) is 1. The number of aryl methyl sites for hydroxylation is 1. The molecule has 4 aromatic heterocycles. The number of hydrogen-bond donors (Lipinski definition) is 1. The fraction of sp³-hybridized carbons (Fsp3) is 0.286. The Labute approximate surface area is 178 Å². The minimum atomic E-state index is 0.134. The number of fused-ring (bicyclic) bond motifs is 1. The molecule has 1 aliphatic heterocycles. The third-order valence-electron chi connectivity index (χ3n) is 5.26. The van der Waals surface area contributed by atoms with E-state index in [2.05, 4.69) is 25.0 Å². The first-order valence-electron chi connectivity index (χ1n) is 9.89. The lowest BCUT2D eigenvalue weighted by molar-refractivity contribution is 0.503. The smallest absolute Gasteiger partial charge is 0.156 e. The fourth-order valence-electron chi connectivity index (χ4n) is 3.79. The first kappa shape index (κ1) is 18.9. The standard InChI is InChI=1S/C21H21ClN8/c1-13-8-24-11-18(27-13)17-7-19-14(9-25-17)10-26-30(19)20-5-4-16(22)21(28-20)29-6-2-3-15(23)12-29/h4-5,7-11,15H,2-3,6,12,23H2,1H3. The summed E-state index contributed by atoms with van der Waals surface area (Å²) in [5, 5.41) is 6.07. The summed E-state index contributed by atoms with van der Waals surface area (Å²) in [6, 6.07) is 5.82. The van der Waals surface area contributed by atoms with Crippen molar-refractivity contribution in [3.05, 3.63) is 53.7 Å². The number of pyridine rings is 2. The van der Waals surface area contributed by atoms with Crippen LogP contribution < -0.4 is 10.6 Å². The van der Waals surface area contributed by atoms with E-state index < -0.39 is 0 Å². The second kappa shape index (κ2) is 7.62. The van der Waals surface area contributed by atoms with Crippen LogP contribution in [0.4, 0.5) is 5.82 Å². The van der Waals surface area contributed by atoms with Crippen LogP contribution in [0.25, 0.3) is 28.1 Å². The summed E-state index contributed by atoms with van der Waals surface area (Å²) in [7, 11) is 0. The van der Waals surface area contributed by atoms with Crippen molar-refractivity contribution in [1.29, 1.82) is 0 Å². The van der Waals surface area contributed by atoms with Gasteiger partial charge in [0.05, 0.1) is 34.3 Å². The van der Waals surface area contributed by atoms with E-state index in [0.29, 0.717) is 10.8 Å². The molecule has 0 bridgehead atoms. The van der Waals surface area contributed by atoms with E-state index in [9.17, 15) is 0 Å². The van der Waals surface area contributed by atoms with Crippen molar-refractivity contribution in [2.24, 2.45) is 5.73 Å². The number of rotatable bonds is 3. The van der Waals surface area contributed by atoms with E-state index in [4.69, 9.17) is 22.3 Å². The van der Waals surface area contributed by atoms with Crippen molar-refractivity contribution < 1.29 is 0 Å². The van der Waals surface area contributed by atoms with Gasteiger partial charge in [-0.1, -0.05) is 11.6 Å². The third-order valence-corrected chi connectivity index (χ3v) is 5.55. The number of halogens is 1. The molecule has 0 radical (unpaired) electrons. The average Bonchev–Trinajstić information content (AvgIpc) is 3.17. The molecular weight excluding hydrogens is 400 g/mol. The van der Waals surface area contributed by atoms with Gasteiger partial charge in [0.15, 0.2) is 5.82 Å². The Kier molecular flexibility index (Phi) is 4.80. The molecule has 2 N–H and O–H groups in total. The number of hydrogen-bond acceptors (Lipinski definition) is 7. The van der Waals surface area contributed by atoms with Crippen molar-refractivity contribution in [3.63, 3.8) is 0 Å². The van der Waals surface area contributed by atoms with E-state index in [1.165, 1.54) is 0 Å². The summed E-state index contributed by atoms with van der Waals surface area (Å²) in [6.45, 7) is 3.55. The first-order valence-corrected chi connectivity index (χ1v) is 10.3. The second-order valence-corrected chi connectivity index (χ2v) is 7.96. The lowest BCUT2D eigenvalue weighted by Crippen LogP contribution is -2.43. The molecule has 0 amide bonds. The molecule has 1 unspecified atom stereocenters. The molecular formula is C21H21ClN8. The van der Waals surface area contributed by atoms with Crippen LogP contribution >= 0.6 is 11.6 Å². The molecule has 1 fully saturated rings. The Bertz CT molecular complexity index is 1220. The van der Waals surface area contributed by atoms with E-state index in [1.54, 1.807) is 29.5 Å². The van der Waals surface area contributed by atoms with E-state index in [-0.39, 0.29) is 6.04 Å². The Hall–Kier alpha value is -3.10. The van der Waals surface area contributed by atoms with Crippen molar-refractivity contribution in [3.8, 4) is 17.2 Å². The van der Waals surface area contributed by atoms with Crippen LogP contribution in [0.2, 0.25) is 5.02 Å². The SMILES string of the molecule is Cc1cncc(-c2cc3c(cn2)cnn3-c2ccc(Cl)c(N3CCCC(N)C3)n2)n1. The molecule has 8 nitrogen and oxygen atoms in total. The molecule has 4 aromatic rings. The number of anilines is 1. The molecule has 1 atom stereocenters. The van der Waals surface area contributed by atoms with Gasteiger partial charge in [0.2, 0.25) is 0 Å². The van der Waals surface area contributed by atoms with Gasteiger partial charge < -0.3 is 10.6 Å². The largest absolute Gasteiger partial charge is 0.354 e. The summed E-state index contributed by atoms with van der Waals surface area (Å²) < 4.78 is 1.80. The van der Waals surface area contributed by atoms with Crippen molar-refractivity contribution >= 4 is 28.3 Å². The maximum Gasteiger partial charge on any atom is 0.156 e. The van der Waals surface area contributed by atoms with Crippen LogP contribution in [0.15, 0.2) is 43.0 Å². The predicted octanol–water partition coefficient (Wildman–Crippen LogP) is 3.16. The van der Waals surface area contributed by atoms with Crippen molar-refractivity contribution in [2.45, 2.75) is 25.8 Å². The molecule has 0 aromatic carbocycles. The maximum absolute atomic E-state index is 6.48. The quantitative estimate of drug-likeness (QED) is 0.543. The normalized spacial score (nSPS) is 16.9. The number of piperidine rings is 1. The number of aromatic nitrogens is 6. The van der Waals surface area contributed by atoms with Crippen LogP contribution in [0.1, 0.15) is 18.5 Å². The molecule has 5 heterocycles. The highest BCUT2D eigenvalue weighted by Gasteiger charge is 2.21. The third kappa shape index (κ3) is 3.48. The fourth-order valence-corrected chi connectivity index (χ4v) is 4.02.